The largest absolute Gasteiger partial charge is 0.441 e. The Hall–Kier alpha value is -2.53. The summed E-state index contributed by atoms with van der Waals surface area (Å²) in [6.45, 7) is 4.98. The highest BCUT2D eigenvalue weighted by Crippen LogP contribution is 2.21. The number of halogens is 1. The summed E-state index contributed by atoms with van der Waals surface area (Å²) in [4.78, 5) is 21.2. The minimum absolute atomic E-state index is 0.206. The minimum atomic E-state index is 0.206. The first kappa shape index (κ1) is 17.9. The molecule has 0 saturated carbocycles. The lowest BCUT2D eigenvalue weighted by atomic mass is 10.1. The van der Waals surface area contributed by atoms with Crippen LogP contribution in [0, 0.1) is 6.92 Å². The third-order valence-corrected chi connectivity index (χ3v) is 5.23. The van der Waals surface area contributed by atoms with Gasteiger partial charge >= 0.3 is 0 Å². The van der Waals surface area contributed by atoms with Crippen molar-refractivity contribution < 1.29 is 9.21 Å². The molecule has 1 aliphatic heterocycles. The van der Waals surface area contributed by atoms with Crippen LogP contribution in [0.25, 0.3) is 11.1 Å². The highest BCUT2D eigenvalue weighted by atomic mass is 35.5. The van der Waals surface area contributed by atoms with Crippen molar-refractivity contribution in [1.82, 2.24) is 9.88 Å². The zero-order valence-electron chi connectivity index (χ0n) is 15.3. The van der Waals surface area contributed by atoms with Gasteiger partial charge in [0.25, 0.3) is 0 Å². The molecule has 1 saturated heterocycles. The molecule has 1 amide bonds. The molecule has 5 nitrogen and oxygen atoms in total. The number of benzene rings is 2. The number of rotatable bonds is 4. The molecule has 1 aliphatic rings. The van der Waals surface area contributed by atoms with Crippen LogP contribution in [0.2, 0.25) is 5.02 Å². The summed E-state index contributed by atoms with van der Waals surface area (Å²) < 4.78 is 5.50. The molecule has 4 rings (SSSR count). The van der Waals surface area contributed by atoms with Gasteiger partial charge in [-0.05, 0) is 42.3 Å². The number of oxazole rings is 1. The number of aryl methyl sites for hydroxylation is 2. The van der Waals surface area contributed by atoms with Crippen LogP contribution in [-0.2, 0) is 11.2 Å². The fraction of sp³-hybridized carbons (Fsp3) is 0.333. The monoisotopic (exact) mass is 383 g/mol. The van der Waals surface area contributed by atoms with Crippen LogP contribution in [0.15, 0.2) is 46.9 Å². The molecule has 0 atom stereocenters. The lowest BCUT2D eigenvalue weighted by Gasteiger charge is -2.36. The SMILES string of the molecule is Cc1nc2cc(CCC(=O)N3CCN(c4cccc(Cl)c4)CC3)ccc2o1. The van der Waals surface area contributed by atoms with E-state index in [2.05, 4.69) is 16.0 Å². The fourth-order valence-corrected chi connectivity index (χ4v) is 3.72. The third-order valence-electron chi connectivity index (χ3n) is 4.99. The van der Waals surface area contributed by atoms with E-state index in [0.717, 1.165) is 60.0 Å². The molecule has 2 aromatic carbocycles. The number of hydrogen-bond acceptors (Lipinski definition) is 4. The Morgan fingerprint density at radius 1 is 1.15 bits per heavy atom. The van der Waals surface area contributed by atoms with Gasteiger partial charge in [0.1, 0.15) is 5.52 Å². The number of piperazine rings is 1. The maximum atomic E-state index is 12.6. The molecule has 0 spiro atoms. The summed E-state index contributed by atoms with van der Waals surface area (Å²) in [5.74, 6) is 0.868. The van der Waals surface area contributed by atoms with E-state index in [1.165, 1.54) is 0 Å². The maximum absolute atomic E-state index is 12.6. The van der Waals surface area contributed by atoms with Gasteiger partial charge in [0, 0.05) is 50.2 Å². The van der Waals surface area contributed by atoms with E-state index < -0.39 is 0 Å². The molecule has 0 aliphatic carbocycles. The van der Waals surface area contributed by atoms with Crippen molar-refractivity contribution >= 4 is 34.3 Å². The molecule has 0 unspecified atom stereocenters. The molecular formula is C21H22ClN3O2. The summed E-state index contributed by atoms with van der Waals surface area (Å²) in [6, 6.07) is 13.8. The molecule has 140 valence electrons. The van der Waals surface area contributed by atoms with Gasteiger partial charge in [-0.25, -0.2) is 4.98 Å². The van der Waals surface area contributed by atoms with E-state index >= 15 is 0 Å². The summed E-state index contributed by atoms with van der Waals surface area (Å²) in [5, 5.41) is 0.741. The Bertz CT molecular complexity index is 961. The average Bonchev–Trinajstić information content (AvgIpc) is 3.05. The van der Waals surface area contributed by atoms with Gasteiger partial charge in [0.2, 0.25) is 5.91 Å². The summed E-state index contributed by atoms with van der Waals surface area (Å²) >= 11 is 6.08. The second-order valence-corrected chi connectivity index (χ2v) is 7.32. The van der Waals surface area contributed by atoms with Gasteiger partial charge in [-0.15, -0.1) is 0 Å². The number of nitrogens with zero attached hydrogens (tertiary/aromatic N) is 3. The molecule has 27 heavy (non-hydrogen) atoms. The molecule has 0 N–H and O–H groups in total. The van der Waals surface area contributed by atoms with E-state index in [-0.39, 0.29) is 5.91 Å². The average molecular weight is 384 g/mol. The number of anilines is 1. The van der Waals surface area contributed by atoms with E-state index in [1.807, 2.05) is 48.2 Å². The van der Waals surface area contributed by atoms with E-state index in [9.17, 15) is 4.79 Å². The van der Waals surface area contributed by atoms with Crippen LogP contribution >= 0.6 is 11.6 Å². The van der Waals surface area contributed by atoms with Gasteiger partial charge in [-0.2, -0.15) is 0 Å². The Balaban J connectivity index is 1.31. The Morgan fingerprint density at radius 3 is 2.74 bits per heavy atom. The minimum Gasteiger partial charge on any atom is -0.441 e. The van der Waals surface area contributed by atoms with Crippen LogP contribution in [0.1, 0.15) is 17.9 Å². The van der Waals surface area contributed by atoms with Gasteiger partial charge < -0.3 is 14.2 Å². The standard InChI is InChI=1S/C21H22ClN3O2/c1-15-23-19-13-16(5-7-20(19)27-15)6-8-21(26)25-11-9-24(10-12-25)18-4-2-3-17(22)14-18/h2-5,7,13-14H,6,8-12H2,1H3. The maximum Gasteiger partial charge on any atom is 0.223 e. The predicted molar refractivity (Wildman–Crippen MR) is 107 cm³/mol. The Labute approximate surface area is 163 Å². The second-order valence-electron chi connectivity index (χ2n) is 6.88. The molecule has 0 radical (unpaired) electrons. The lowest BCUT2D eigenvalue weighted by Crippen LogP contribution is -2.48. The van der Waals surface area contributed by atoms with Gasteiger partial charge in [-0.1, -0.05) is 23.7 Å². The lowest BCUT2D eigenvalue weighted by molar-refractivity contribution is -0.131. The topological polar surface area (TPSA) is 49.6 Å². The third kappa shape index (κ3) is 4.08. The quantitative estimate of drug-likeness (QED) is 0.681. The zero-order valence-corrected chi connectivity index (χ0v) is 16.1. The van der Waals surface area contributed by atoms with E-state index in [0.29, 0.717) is 12.3 Å². The van der Waals surface area contributed by atoms with Crippen molar-refractivity contribution in [2.75, 3.05) is 31.1 Å². The van der Waals surface area contributed by atoms with Crippen LogP contribution in [0.3, 0.4) is 0 Å². The smallest absolute Gasteiger partial charge is 0.223 e. The second kappa shape index (κ2) is 7.61. The highest BCUT2D eigenvalue weighted by molar-refractivity contribution is 6.30. The van der Waals surface area contributed by atoms with Crippen molar-refractivity contribution in [2.24, 2.45) is 0 Å². The number of carbonyl (C=O) groups excluding carboxylic acids is 1. The normalized spacial score (nSPS) is 14.7. The number of hydrogen-bond donors (Lipinski definition) is 0. The van der Waals surface area contributed by atoms with Crippen LogP contribution in [-0.4, -0.2) is 42.0 Å². The summed E-state index contributed by atoms with van der Waals surface area (Å²) in [5.41, 5.74) is 3.87. The molecule has 1 aromatic heterocycles. The molecule has 2 heterocycles. The number of fused-ring (bicyclic) bond motifs is 1. The summed E-state index contributed by atoms with van der Waals surface area (Å²) in [6.07, 6.45) is 1.23. The predicted octanol–water partition coefficient (Wildman–Crippen LogP) is 4.07. The first-order chi connectivity index (χ1) is 13.1. The molecule has 0 bridgehead atoms. The van der Waals surface area contributed by atoms with Crippen LogP contribution in [0.5, 0.6) is 0 Å². The number of aromatic nitrogens is 1. The fourth-order valence-electron chi connectivity index (χ4n) is 3.54. The highest BCUT2D eigenvalue weighted by Gasteiger charge is 2.21. The molecule has 3 aromatic rings. The van der Waals surface area contributed by atoms with Crippen molar-refractivity contribution in [3.8, 4) is 0 Å². The molecular weight excluding hydrogens is 362 g/mol. The first-order valence-electron chi connectivity index (χ1n) is 9.23. The number of carbonyl (C=O) groups is 1. The summed E-state index contributed by atoms with van der Waals surface area (Å²) in [7, 11) is 0. The van der Waals surface area contributed by atoms with Crippen molar-refractivity contribution in [1.29, 1.82) is 0 Å². The first-order valence-corrected chi connectivity index (χ1v) is 9.61. The van der Waals surface area contributed by atoms with Crippen molar-refractivity contribution in [3.05, 3.63) is 58.9 Å². The van der Waals surface area contributed by atoms with Gasteiger partial charge in [0.15, 0.2) is 11.5 Å². The van der Waals surface area contributed by atoms with Crippen molar-refractivity contribution in [2.45, 2.75) is 19.8 Å². The van der Waals surface area contributed by atoms with Gasteiger partial charge in [0.05, 0.1) is 0 Å². The Morgan fingerprint density at radius 2 is 1.96 bits per heavy atom. The molecule has 1 fully saturated rings. The zero-order chi connectivity index (χ0) is 18.8. The molecule has 6 heteroatoms. The van der Waals surface area contributed by atoms with Gasteiger partial charge in [-0.3, -0.25) is 4.79 Å². The van der Waals surface area contributed by atoms with E-state index in [4.69, 9.17) is 16.0 Å². The number of amides is 1. The van der Waals surface area contributed by atoms with Crippen LogP contribution < -0.4 is 4.90 Å². The van der Waals surface area contributed by atoms with Crippen LogP contribution in [0.4, 0.5) is 5.69 Å². The van der Waals surface area contributed by atoms with E-state index in [1.54, 1.807) is 0 Å². The Kier molecular flexibility index (Phi) is 5.03. The van der Waals surface area contributed by atoms with Crippen molar-refractivity contribution in [3.63, 3.8) is 0 Å².